The van der Waals surface area contributed by atoms with E-state index < -0.39 is 0 Å². The molecule has 0 aliphatic carbocycles. The molecule has 0 atom stereocenters. The number of benzene rings is 2. The molecular weight excluding hydrogens is 364 g/mol. The second-order valence-electron chi connectivity index (χ2n) is 4.48. The zero-order valence-electron chi connectivity index (χ0n) is 11.1. The molecule has 1 aromatic heterocycles. The summed E-state index contributed by atoms with van der Waals surface area (Å²) in [4.78, 5) is 5.77. The van der Waals surface area contributed by atoms with Gasteiger partial charge < -0.3 is 5.73 Å². The molecule has 0 saturated carbocycles. The average Bonchev–Trinajstić information content (AvgIpc) is 2.98. The fraction of sp³-hybridized carbons (Fsp3) is 0.0625. The number of nitrogens with two attached hydrogens (primary N) is 1. The standard InChI is InChI=1S/C16H13BrN2S2/c17-12-6-7-14(18)15(8-12)20-9-13-10-21-16(19-13)11-4-2-1-3-5-11/h1-8,10H,9,18H2. The molecule has 3 aromatic rings. The molecule has 0 unspecified atom stereocenters. The molecule has 0 amide bonds. The lowest BCUT2D eigenvalue weighted by Gasteiger charge is -2.04. The van der Waals surface area contributed by atoms with Crippen molar-refractivity contribution in [3.8, 4) is 10.6 Å². The highest BCUT2D eigenvalue weighted by Crippen LogP contribution is 2.32. The number of rotatable bonds is 4. The van der Waals surface area contributed by atoms with Gasteiger partial charge in [0.25, 0.3) is 0 Å². The van der Waals surface area contributed by atoms with Crippen LogP contribution in [0.5, 0.6) is 0 Å². The number of hydrogen-bond acceptors (Lipinski definition) is 4. The average molecular weight is 377 g/mol. The van der Waals surface area contributed by atoms with Crippen LogP contribution in [-0.2, 0) is 5.75 Å². The van der Waals surface area contributed by atoms with Crippen LogP contribution in [0.3, 0.4) is 0 Å². The highest BCUT2D eigenvalue weighted by atomic mass is 79.9. The summed E-state index contributed by atoms with van der Waals surface area (Å²) in [7, 11) is 0. The molecule has 0 aliphatic rings. The van der Waals surface area contributed by atoms with Gasteiger partial charge in [-0.05, 0) is 18.2 Å². The van der Waals surface area contributed by atoms with E-state index in [-0.39, 0.29) is 0 Å². The first kappa shape index (κ1) is 14.6. The zero-order chi connectivity index (χ0) is 14.7. The molecular formula is C16H13BrN2S2. The van der Waals surface area contributed by atoms with Gasteiger partial charge in [0.2, 0.25) is 0 Å². The molecule has 5 heteroatoms. The van der Waals surface area contributed by atoms with Gasteiger partial charge in [0, 0.05) is 31.8 Å². The number of hydrogen-bond donors (Lipinski definition) is 1. The summed E-state index contributed by atoms with van der Waals surface area (Å²) in [6.07, 6.45) is 0. The smallest absolute Gasteiger partial charge is 0.123 e. The molecule has 21 heavy (non-hydrogen) atoms. The number of anilines is 1. The third kappa shape index (κ3) is 3.67. The van der Waals surface area contributed by atoms with Crippen LogP contribution < -0.4 is 5.73 Å². The normalized spacial score (nSPS) is 10.7. The number of thioether (sulfide) groups is 1. The van der Waals surface area contributed by atoms with Gasteiger partial charge in [0.1, 0.15) is 5.01 Å². The molecule has 0 spiro atoms. The van der Waals surface area contributed by atoms with E-state index >= 15 is 0 Å². The minimum absolute atomic E-state index is 0.807. The third-order valence-electron chi connectivity index (χ3n) is 2.92. The highest BCUT2D eigenvalue weighted by molar-refractivity contribution is 9.10. The Hall–Kier alpha value is -1.30. The van der Waals surface area contributed by atoms with Gasteiger partial charge in [-0.1, -0.05) is 46.3 Å². The molecule has 2 aromatic carbocycles. The van der Waals surface area contributed by atoms with Crippen LogP contribution in [0.4, 0.5) is 5.69 Å². The number of thiazole rings is 1. The van der Waals surface area contributed by atoms with Gasteiger partial charge in [-0.15, -0.1) is 23.1 Å². The van der Waals surface area contributed by atoms with Crippen molar-refractivity contribution in [2.45, 2.75) is 10.6 Å². The van der Waals surface area contributed by atoms with Crippen LogP contribution in [0.15, 0.2) is 63.3 Å². The molecule has 0 fully saturated rings. The van der Waals surface area contributed by atoms with Crippen LogP contribution in [-0.4, -0.2) is 4.98 Å². The maximum absolute atomic E-state index is 5.99. The lowest BCUT2D eigenvalue weighted by Crippen LogP contribution is -1.89. The number of nitrogens with zero attached hydrogens (tertiary/aromatic N) is 1. The van der Waals surface area contributed by atoms with E-state index in [1.165, 1.54) is 5.56 Å². The van der Waals surface area contributed by atoms with Crippen molar-refractivity contribution in [2.75, 3.05) is 5.73 Å². The fourth-order valence-corrected chi connectivity index (χ4v) is 4.21. The van der Waals surface area contributed by atoms with Gasteiger partial charge in [-0.3, -0.25) is 0 Å². The van der Waals surface area contributed by atoms with Gasteiger partial charge in [0.05, 0.1) is 5.69 Å². The number of nitrogen functional groups attached to an aromatic ring is 1. The maximum atomic E-state index is 5.99. The van der Waals surface area contributed by atoms with Crippen molar-refractivity contribution in [3.63, 3.8) is 0 Å². The summed E-state index contributed by atoms with van der Waals surface area (Å²) < 4.78 is 1.04. The van der Waals surface area contributed by atoms with Gasteiger partial charge >= 0.3 is 0 Å². The van der Waals surface area contributed by atoms with Crippen molar-refractivity contribution >= 4 is 44.7 Å². The first-order chi connectivity index (χ1) is 10.2. The molecule has 0 saturated heterocycles. The second kappa shape index (κ2) is 6.64. The monoisotopic (exact) mass is 376 g/mol. The predicted molar refractivity (Wildman–Crippen MR) is 95.7 cm³/mol. The predicted octanol–water partition coefficient (Wildman–Crippen LogP) is 5.45. The zero-order valence-corrected chi connectivity index (χ0v) is 14.3. The van der Waals surface area contributed by atoms with E-state index in [9.17, 15) is 0 Å². The topological polar surface area (TPSA) is 38.9 Å². The van der Waals surface area contributed by atoms with Crippen molar-refractivity contribution in [1.82, 2.24) is 4.98 Å². The first-order valence-electron chi connectivity index (χ1n) is 6.40. The summed E-state index contributed by atoms with van der Waals surface area (Å²) in [6.45, 7) is 0. The Labute approximate surface area is 140 Å². The SMILES string of the molecule is Nc1ccc(Br)cc1SCc1csc(-c2ccccc2)n1. The summed E-state index contributed by atoms with van der Waals surface area (Å²) in [6, 6.07) is 16.2. The summed E-state index contributed by atoms with van der Waals surface area (Å²) in [5.74, 6) is 0.823. The Balaban J connectivity index is 1.72. The van der Waals surface area contributed by atoms with E-state index in [0.717, 1.165) is 31.5 Å². The Morgan fingerprint density at radius 1 is 1.14 bits per heavy atom. The fourth-order valence-electron chi connectivity index (χ4n) is 1.87. The molecule has 3 rings (SSSR count). The summed E-state index contributed by atoms with van der Waals surface area (Å²) in [5, 5.41) is 3.18. The Bertz CT molecular complexity index is 741. The molecule has 2 N–H and O–H groups in total. The third-order valence-corrected chi connectivity index (χ3v) is 5.46. The number of aromatic nitrogens is 1. The van der Waals surface area contributed by atoms with E-state index in [2.05, 4.69) is 33.4 Å². The summed E-state index contributed by atoms with van der Waals surface area (Å²) in [5.41, 5.74) is 9.05. The van der Waals surface area contributed by atoms with E-state index in [0.29, 0.717) is 0 Å². The van der Waals surface area contributed by atoms with Crippen molar-refractivity contribution in [2.24, 2.45) is 0 Å². The summed E-state index contributed by atoms with van der Waals surface area (Å²) >= 11 is 6.87. The van der Waals surface area contributed by atoms with E-state index in [1.807, 2.05) is 36.4 Å². The van der Waals surface area contributed by atoms with Crippen molar-refractivity contribution < 1.29 is 0 Å². The van der Waals surface area contributed by atoms with Crippen LogP contribution in [0.25, 0.3) is 10.6 Å². The molecule has 0 aliphatic heterocycles. The Morgan fingerprint density at radius 3 is 2.76 bits per heavy atom. The lowest BCUT2D eigenvalue weighted by atomic mass is 10.2. The van der Waals surface area contributed by atoms with Crippen molar-refractivity contribution in [3.05, 3.63) is 64.1 Å². The van der Waals surface area contributed by atoms with Gasteiger partial charge in [-0.2, -0.15) is 0 Å². The number of halogens is 1. The Morgan fingerprint density at radius 2 is 1.95 bits per heavy atom. The van der Waals surface area contributed by atoms with Crippen LogP contribution in [0, 0.1) is 0 Å². The second-order valence-corrected chi connectivity index (χ2v) is 7.27. The molecule has 2 nitrogen and oxygen atoms in total. The molecule has 1 heterocycles. The van der Waals surface area contributed by atoms with Crippen LogP contribution >= 0.6 is 39.0 Å². The highest BCUT2D eigenvalue weighted by Gasteiger charge is 2.06. The van der Waals surface area contributed by atoms with Crippen LogP contribution in [0.1, 0.15) is 5.69 Å². The quantitative estimate of drug-likeness (QED) is 0.486. The minimum atomic E-state index is 0.807. The lowest BCUT2D eigenvalue weighted by molar-refractivity contribution is 1.23. The Kier molecular flexibility index (Phi) is 4.63. The van der Waals surface area contributed by atoms with E-state index in [1.54, 1.807) is 23.1 Å². The molecule has 0 bridgehead atoms. The van der Waals surface area contributed by atoms with Gasteiger partial charge in [0.15, 0.2) is 0 Å². The minimum Gasteiger partial charge on any atom is -0.398 e. The molecule has 0 radical (unpaired) electrons. The molecule has 106 valence electrons. The first-order valence-corrected chi connectivity index (χ1v) is 9.06. The largest absolute Gasteiger partial charge is 0.398 e. The van der Waals surface area contributed by atoms with Gasteiger partial charge in [-0.25, -0.2) is 4.98 Å². The maximum Gasteiger partial charge on any atom is 0.123 e. The van der Waals surface area contributed by atoms with Crippen LogP contribution in [0.2, 0.25) is 0 Å². The van der Waals surface area contributed by atoms with Crippen molar-refractivity contribution in [1.29, 1.82) is 0 Å². The van der Waals surface area contributed by atoms with E-state index in [4.69, 9.17) is 10.7 Å².